The first kappa shape index (κ1) is 26.0. The molecule has 0 unspecified atom stereocenters. The highest BCUT2D eigenvalue weighted by Gasteiger charge is 2.47. The first-order valence-corrected chi connectivity index (χ1v) is 13.7. The summed E-state index contributed by atoms with van der Waals surface area (Å²) in [5, 5.41) is 11.3. The normalized spacial score (nSPS) is 28.2. The average Bonchev–Trinajstić information content (AvgIpc) is 3.29. The van der Waals surface area contributed by atoms with Crippen LogP contribution in [0.5, 0.6) is 0 Å². The molecule has 0 aliphatic heterocycles. The number of pyridine rings is 1. The lowest BCUT2D eigenvalue weighted by molar-refractivity contribution is 0.0733. The number of nitrogens with one attached hydrogen (secondary N) is 2. The van der Waals surface area contributed by atoms with E-state index in [1.165, 1.54) is 12.8 Å². The van der Waals surface area contributed by atoms with Crippen molar-refractivity contribution in [2.75, 3.05) is 0 Å². The van der Waals surface area contributed by atoms with E-state index < -0.39 is 0 Å². The molecule has 0 aromatic carbocycles. The molecule has 2 aromatic rings. The van der Waals surface area contributed by atoms with Crippen LogP contribution in [0.1, 0.15) is 63.1 Å². The summed E-state index contributed by atoms with van der Waals surface area (Å²) >= 11 is 0. The van der Waals surface area contributed by atoms with Gasteiger partial charge in [-0.25, -0.2) is 0 Å². The first-order chi connectivity index (χ1) is 18.3. The number of rotatable bonds is 7. The van der Waals surface area contributed by atoms with E-state index in [9.17, 15) is 0 Å². The summed E-state index contributed by atoms with van der Waals surface area (Å²) in [4.78, 5) is 4.67. The predicted molar refractivity (Wildman–Crippen MR) is 157 cm³/mol. The van der Waals surface area contributed by atoms with Gasteiger partial charge in [0.25, 0.3) is 0 Å². The van der Waals surface area contributed by atoms with E-state index in [1.54, 1.807) is 0 Å². The van der Waals surface area contributed by atoms with Gasteiger partial charge < -0.3 is 11.1 Å². The Morgan fingerprint density at radius 3 is 2.95 bits per heavy atom. The van der Waals surface area contributed by atoms with Crippen LogP contribution in [0, 0.1) is 12.8 Å². The number of nitrogens with zero attached hydrogens (tertiary/aromatic N) is 2. The molecule has 3 atom stereocenters. The second-order valence-electron chi connectivity index (χ2n) is 11.3. The van der Waals surface area contributed by atoms with Gasteiger partial charge in [-0.2, -0.15) is 5.10 Å². The molecule has 3 aliphatic rings. The molecular weight excluding hydrogens is 466 g/mol. The lowest BCUT2D eigenvalue weighted by atomic mass is 9.60. The summed E-state index contributed by atoms with van der Waals surface area (Å²) in [6.45, 7) is 12.5. The fourth-order valence-corrected chi connectivity index (χ4v) is 6.64. The van der Waals surface area contributed by atoms with Gasteiger partial charge >= 0.3 is 0 Å². The molecule has 2 fully saturated rings. The van der Waals surface area contributed by atoms with Gasteiger partial charge in [-0.1, -0.05) is 43.7 Å². The number of aryl methyl sites for hydroxylation is 1. The van der Waals surface area contributed by atoms with Crippen LogP contribution in [0.4, 0.5) is 0 Å². The number of allylic oxidation sites excluding steroid dienone is 7. The minimum absolute atomic E-state index is 0.0716. The summed E-state index contributed by atoms with van der Waals surface area (Å²) in [6, 6.07) is 5.99. The molecule has 0 amide bonds. The number of H-pyrrole nitrogens is 1. The number of aromatic amines is 1. The Labute approximate surface area is 226 Å². The van der Waals surface area contributed by atoms with Crippen LogP contribution in [0.3, 0.4) is 0 Å². The highest BCUT2D eigenvalue weighted by molar-refractivity contribution is 5.83. The van der Waals surface area contributed by atoms with Crippen molar-refractivity contribution in [1.82, 2.24) is 20.5 Å². The third-order valence-electron chi connectivity index (χ3n) is 8.20. The van der Waals surface area contributed by atoms with Gasteiger partial charge in [-0.05, 0) is 93.4 Å². The number of hydrogen-bond acceptors (Lipinski definition) is 4. The molecule has 0 radical (unpaired) electrons. The maximum absolute atomic E-state index is 6.91. The van der Waals surface area contributed by atoms with Crippen LogP contribution in [0.2, 0.25) is 0 Å². The smallest absolute Gasteiger partial charge is 0.0919 e. The third kappa shape index (κ3) is 5.45. The zero-order valence-corrected chi connectivity index (χ0v) is 22.7. The van der Waals surface area contributed by atoms with Gasteiger partial charge in [0.1, 0.15) is 0 Å². The Balaban J connectivity index is 1.44. The van der Waals surface area contributed by atoms with Gasteiger partial charge in [0.05, 0.1) is 17.6 Å². The van der Waals surface area contributed by atoms with Crippen LogP contribution < -0.4 is 11.1 Å². The summed E-state index contributed by atoms with van der Waals surface area (Å²) in [7, 11) is 0. The zero-order valence-electron chi connectivity index (χ0n) is 22.7. The standard InChI is InChI=1S/C33H39N5/c1-5-16-33(20-25-10-8-17-32(34,19-25)22-33)37-28(6-2)18-27-15-14-26(13-12-23(27)3)29-21-35-38-31(29)30-11-7-9-24(4)36-30/h5-7,9,11-13,15,18,21,25,37H,1,3,8,10,16-17,19-20,22,34H2,2,4H3,(H,35,38)/b27-18-,28-6+/t25-,32-,33+/m0/s1. The van der Waals surface area contributed by atoms with Crippen molar-refractivity contribution in [3.05, 3.63) is 108 Å². The molecule has 2 saturated carbocycles. The van der Waals surface area contributed by atoms with E-state index >= 15 is 0 Å². The van der Waals surface area contributed by atoms with Crippen molar-refractivity contribution < 1.29 is 0 Å². The van der Waals surface area contributed by atoms with E-state index in [2.05, 4.69) is 58.5 Å². The maximum Gasteiger partial charge on any atom is 0.0919 e. The van der Waals surface area contributed by atoms with Crippen LogP contribution in [-0.2, 0) is 0 Å². The monoisotopic (exact) mass is 505 g/mol. The van der Waals surface area contributed by atoms with E-state index in [0.29, 0.717) is 5.92 Å². The van der Waals surface area contributed by atoms with Crippen molar-refractivity contribution in [3.8, 4) is 11.4 Å². The minimum Gasteiger partial charge on any atom is -0.379 e. The van der Waals surface area contributed by atoms with E-state index in [0.717, 1.165) is 77.2 Å². The van der Waals surface area contributed by atoms with Crippen molar-refractivity contribution in [1.29, 1.82) is 0 Å². The lowest BCUT2D eigenvalue weighted by Crippen LogP contribution is -2.60. The Kier molecular flexibility index (Phi) is 7.25. The maximum atomic E-state index is 6.91. The molecule has 2 aromatic heterocycles. The number of aromatic nitrogens is 3. The van der Waals surface area contributed by atoms with Gasteiger partial charge in [0.15, 0.2) is 0 Å². The minimum atomic E-state index is -0.0795. The Morgan fingerprint density at radius 1 is 1.32 bits per heavy atom. The molecule has 2 bridgehead atoms. The first-order valence-electron chi connectivity index (χ1n) is 13.7. The largest absolute Gasteiger partial charge is 0.379 e. The second kappa shape index (κ2) is 10.6. The summed E-state index contributed by atoms with van der Waals surface area (Å²) < 4.78 is 0. The van der Waals surface area contributed by atoms with Gasteiger partial charge in [0.2, 0.25) is 0 Å². The zero-order chi connectivity index (χ0) is 26.8. The van der Waals surface area contributed by atoms with Gasteiger partial charge in [0, 0.05) is 33.6 Å². The molecule has 0 saturated heterocycles. The lowest BCUT2D eigenvalue weighted by Gasteiger charge is -2.53. The van der Waals surface area contributed by atoms with E-state index in [-0.39, 0.29) is 11.1 Å². The van der Waals surface area contributed by atoms with Crippen molar-refractivity contribution >= 4 is 5.57 Å². The van der Waals surface area contributed by atoms with Crippen LogP contribution in [-0.4, -0.2) is 26.3 Å². The van der Waals surface area contributed by atoms with E-state index in [1.807, 2.05) is 55.6 Å². The molecule has 196 valence electrons. The Hall–Kier alpha value is -3.66. The van der Waals surface area contributed by atoms with Crippen LogP contribution in [0.15, 0.2) is 96.6 Å². The SMILES string of the molecule is C=CC[C@@]1(NC(/C=C2/C=C=C(c3cn[nH]c3-c3cccc(C)n3)C=CC2=C)=C/C)C[C@H]2CCC[C@](N)(C2)C1. The Morgan fingerprint density at radius 2 is 2.18 bits per heavy atom. The van der Waals surface area contributed by atoms with Crippen molar-refractivity contribution in [2.24, 2.45) is 11.7 Å². The summed E-state index contributed by atoms with van der Waals surface area (Å²) in [6.07, 6.45) is 22.1. The van der Waals surface area contributed by atoms with Crippen molar-refractivity contribution in [3.63, 3.8) is 0 Å². The summed E-state index contributed by atoms with van der Waals surface area (Å²) in [5.41, 5.74) is 17.9. The molecular formula is C33H39N5. The predicted octanol–water partition coefficient (Wildman–Crippen LogP) is 6.86. The quantitative estimate of drug-likeness (QED) is 0.284. The van der Waals surface area contributed by atoms with Crippen LogP contribution in [0.25, 0.3) is 17.0 Å². The molecule has 38 heavy (non-hydrogen) atoms. The molecule has 5 nitrogen and oxygen atoms in total. The number of nitrogens with two attached hydrogens (primary N) is 1. The average molecular weight is 506 g/mol. The Bertz CT molecular complexity index is 1400. The number of fused-ring (bicyclic) bond motifs is 2. The van der Waals surface area contributed by atoms with Gasteiger partial charge in [-0.15, -0.1) is 12.3 Å². The van der Waals surface area contributed by atoms with Gasteiger partial charge in [-0.3, -0.25) is 10.1 Å². The molecule has 4 N–H and O–H groups in total. The van der Waals surface area contributed by atoms with Crippen molar-refractivity contribution in [2.45, 2.75) is 69.9 Å². The molecule has 3 aliphatic carbocycles. The topological polar surface area (TPSA) is 79.6 Å². The van der Waals surface area contributed by atoms with E-state index in [4.69, 9.17) is 5.73 Å². The number of hydrogen-bond donors (Lipinski definition) is 3. The molecule has 5 heteroatoms. The fraction of sp³-hybridized carbons (Fsp3) is 0.364. The summed E-state index contributed by atoms with van der Waals surface area (Å²) in [5.74, 6) is 0.675. The second-order valence-corrected chi connectivity index (χ2v) is 11.3. The molecule has 5 rings (SSSR count). The molecule has 0 spiro atoms. The highest BCUT2D eigenvalue weighted by atomic mass is 15.1. The highest BCUT2D eigenvalue weighted by Crippen LogP contribution is 2.47. The molecule has 2 heterocycles. The van der Waals surface area contributed by atoms with Crippen LogP contribution >= 0.6 is 0 Å². The third-order valence-corrected chi connectivity index (χ3v) is 8.20. The fourth-order valence-electron chi connectivity index (χ4n) is 6.64.